The number of phenolic OH excluding ortho intramolecular Hbond substituents is 1. The Kier molecular flexibility index (Phi) is 3.28. The van der Waals surface area contributed by atoms with Gasteiger partial charge in [0.15, 0.2) is 5.65 Å². The van der Waals surface area contributed by atoms with E-state index in [1.165, 1.54) is 0 Å². The first-order chi connectivity index (χ1) is 10.3. The summed E-state index contributed by atoms with van der Waals surface area (Å²) in [7, 11) is 0. The van der Waals surface area contributed by atoms with Gasteiger partial charge < -0.3 is 9.84 Å². The number of benzene rings is 1. The van der Waals surface area contributed by atoms with E-state index in [0.29, 0.717) is 11.3 Å². The summed E-state index contributed by atoms with van der Waals surface area (Å²) in [6, 6.07) is 5.34. The Morgan fingerprint density at radius 3 is 2.64 bits per heavy atom. The van der Waals surface area contributed by atoms with Crippen LogP contribution in [0.2, 0.25) is 0 Å². The molecule has 0 aliphatic heterocycles. The number of hydrogen-bond donors (Lipinski definition) is 1. The van der Waals surface area contributed by atoms with Gasteiger partial charge in [0.2, 0.25) is 0 Å². The van der Waals surface area contributed by atoms with Gasteiger partial charge in [-0.25, -0.2) is 4.98 Å². The van der Waals surface area contributed by atoms with E-state index in [-0.39, 0.29) is 11.4 Å². The molecule has 0 aliphatic carbocycles. The van der Waals surface area contributed by atoms with Crippen molar-refractivity contribution in [2.75, 3.05) is 0 Å². The van der Waals surface area contributed by atoms with Crippen LogP contribution < -0.4 is 4.74 Å². The van der Waals surface area contributed by atoms with E-state index >= 15 is 0 Å². The van der Waals surface area contributed by atoms with E-state index in [2.05, 4.69) is 9.97 Å². The number of fused-ring (bicyclic) bond motifs is 1. The van der Waals surface area contributed by atoms with Crippen molar-refractivity contribution in [3.05, 3.63) is 42.5 Å². The van der Waals surface area contributed by atoms with Crippen molar-refractivity contribution in [3.63, 3.8) is 0 Å². The summed E-state index contributed by atoms with van der Waals surface area (Å²) in [4.78, 5) is 8.59. The molecule has 0 unspecified atom stereocenters. The molecular weight excluding hydrogens is 278 g/mol. The van der Waals surface area contributed by atoms with Gasteiger partial charge in [-0.1, -0.05) is 0 Å². The Bertz CT molecular complexity index is 832. The fraction of sp³-hybridized carbons (Fsp3) is 0.294. The Hall–Kier alpha value is -2.56. The average Bonchev–Trinajstić information content (AvgIpc) is 2.86. The van der Waals surface area contributed by atoms with Crippen LogP contribution >= 0.6 is 0 Å². The van der Waals surface area contributed by atoms with Crippen LogP contribution in [0.4, 0.5) is 0 Å². The normalized spacial score (nSPS) is 11.8. The highest BCUT2D eigenvalue weighted by molar-refractivity contribution is 5.72. The third-order valence-corrected chi connectivity index (χ3v) is 3.27. The summed E-state index contributed by atoms with van der Waals surface area (Å²) < 4.78 is 7.70. The number of hydrogen-bond acceptors (Lipinski definition) is 4. The Morgan fingerprint density at radius 1 is 1.18 bits per heavy atom. The quantitative estimate of drug-likeness (QED) is 0.785. The Labute approximate surface area is 129 Å². The highest BCUT2D eigenvalue weighted by Gasteiger charge is 2.16. The van der Waals surface area contributed by atoms with E-state index in [0.717, 1.165) is 17.0 Å². The highest BCUT2D eigenvalue weighted by Crippen LogP contribution is 2.34. The minimum Gasteiger partial charge on any atom is -0.507 e. The van der Waals surface area contributed by atoms with Crippen LogP contribution in [0.3, 0.4) is 0 Å². The maximum atomic E-state index is 10.4. The van der Waals surface area contributed by atoms with Crippen molar-refractivity contribution in [2.45, 2.75) is 33.3 Å². The number of phenols is 1. The molecule has 5 nitrogen and oxygen atoms in total. The first kappa shape index (κ1) is 14.4. The number of ether oxygens (including phenoxy) is 1. The molecule has 0 amide bonds. The smallest absolute Gasteiger partial charge is 0.155 e. The van der Waals surface area contributed by atoms with Gasteiger partial charge in [-0.15, -0.1) is 0 Å². The molecule has 0 bridgehead atoms. The maximum absolute atomic E-state index is 10.4. The number of rotatable bonds is 2. The molecule has 5 heteroatoms. The van der Waals surface area contributed by atoms with E-state index in [4.69, 9.17) is 4.74 Å². The van der Waals surface area contributed by atoms with E-state index in [1.54, 1.807) is 18.5 Å². The summed E-state index contributed by atoms with van der Waals surface area (Å²) in [5.74, 6) is 0.796. The zero-order chi connectivity index (χ0) is 15.9. The number of aromatic hydroxyl groups is 1. The number of aryl methyl sites for hydroxylation is 1. The lowest BCUT2D eigenvalue weighted by Crippen LogP contribution is -2.22. The Balaban J connectivity index is 2.12. The van der Waals surface area contributed by atoms with Crippen molar-refractivity contribution < 1.29 is 9.84 Å². The van der Waals surface area contributed by atoms with Crippen LogP contribution in [0.25, 0.3) is 16.9 Å². The van der Waals surface area contributed by atoms with Gasteiger partial charge in [-0.2, -0.15) is 0 Å². The van der Waals surface area contributed by atoms with E-state index in [1.807, 2.05) is 50.4 Å². The molecule has 114 valence electrons. The van der Waals surface area contributed by atoms with Gasteiger partial charge in [-0.3, -0.25) is 9.38 Å². The Morgan fingerprint density at radius 2 is 1.95 bits per heavy atom. The lowest BCUT2D eigenvalue weighted by molar-refractivity contribution is 0.130. The molecule has 3 aromatic rings. The largest absolute Gasteiger partial charge is 0.507 e. The molecule has 0 radical (unpaired) electrons. The van der Waals surface area contributed by atoms with Crippen molar-refractivity contribution in [2.24, 2.45) is 0 Å². The lowest BCUT2D eigenvalue weighted by atomic mass is 10.1. The maximum Gasteiger partial charge on any atom is 0.155 e. The number of aromatic nitrogens is 3. The van der Waals surface area contributed by atoms with Gasteiger partial charge >= 0.3 is 0 Å². The van der Waals surface area contributed by atoms with Gasteiger partial charge in [0.05, 0.1) is 17.6 Å². The zero-order valence-electron chi connectivity index (χ0n) is 13.2. The van der Waals surface area contributed by atoms with E-state index < -0.39 is 0 Å². The highest BCUT2D eigenvalue weighted by atomic mass is 16.5. The van der Waals surface area contributed by atoms with Crippen LogP contribution in [0.5, 0.6) is 11.5 Å². The molecule has 0 saturated heterocycles. The summed E-state index contributed by atoms with van der Waals surface area (Å²) >= 11 is 0. The monoisotopic (exact) mass is 297 g/mol. The van der Waals surface area contributed by atoms with Crippen LogP contribution in [-0.2, 0) is 0 Å². The number of imidazole rings is 1. The number of nitrogens with zero attached hydrogens (tertiary/aromatic N) is 3. The first-order valence-corrected chi connectivity index (χ1v) is 7.16. The summed E-state index contributed by atoms with van der Waals surface area (Å²) in [5.41, 5.74) is 2.79. The van der Waals surface area contributed by atoms with Gasteiger partial charge in [-0.05, 0) is 39.8 Å². The second-order valence-electron chi connectivity index (χ2n) is 6.24. The minimum atomic E-state index is -0.310. The standard InChI is InChI=1S/C17H19N3O2/c1-11-16(20-8-7-18-15(20)10-19-11)13-6-5-12(9-14(13)21)22-17(2,3)4/h5-10,21H,1-4H3. The molecule has 22 heavy (non-hydrogen) atoms. The topological polar surface area (TPSA) is 59.7 Å². The predicted molar refractivity (Wildman–Crippen MR) is 85.2 cm³/mol. The van der Waals surface area contributed by atoms with Crippen molar-refractivity contribution in [1.29, 1.82) is 0 Å². The second-order valence-corrected chi connectivity index (χ2v) is 6.24. The molecule has 0 aliphatic rings. The summed E-state index contributed by atoms with van der Waals surface area (Å²) in [5, 5.41) is 10.4. The fourth-order valence-corrected chi connectivity index (χ4v) is 2.44. The fourth-order valence-electron chi connectivity index (χ4n) is 2.44. The molecule has 0 fully saturated rings. The van der Waals surface area contributed by atoms with E-state index in [9.17, 15) is 5.11 Å². The molecule has 1 aromatic carbocycles. The molecular formula is C17H19N3O2. The summed E-state index contributed by atoms with van der Waals surface area (Å²) in [6.07, 6.45) is 5.29. The lowest BCUT2D eigenvalue weighted by Gasteiger charge is -2.21. The van der Waals surface area contributed by atoms with Crippen LogP contribution in [-0.4, -0.2) is 25.1 Å². The molecule has 0 spiro atoms. The molecule has 1 N–H and O–H groups in total. The average molecular weight is 297 g/mol. The van der Waals surface area contributed by atoms with Gasteiger partial charge in [0.1, 0.15) is 17.1 Å². The third-order valence-electron chi connectivity index (χ3n) is 3.27. The molecule has 0 saturated carbocycles. The zero-order valence-corrected chi connectivity index (χ0v) is 13.2. The molecule has 2 heterocycles. The van der Waals surface area contributed by atoms with Crippen LogP contribution in [0, 0.1) is 6.92 Å². The van der Waals surface area contributed by atoms with Gasteiger partial charge in [0.25, 0.3) is 0 Å². The van der Waals surface area contributed by atoms with Crippen molar-refractivity contribution in [3.8, 4) is 22.8 Å². The third kappa shape index (κ3) is 2.62. The van der Waals surface area contributed by atoms with Gasteiger partial charge in [0, 0.05) is 24.0 Å². The first-order valence-electron chi connectivity index (χ1n) is 7.16. The van der Waals surface area contributed by atoms with Crippen LogP contribution in [0.15, 0.2) is 36.8 Å². The second kappa shape index (κ2) is 5.02. The molecule has 3 rings (SSSR count). The molecule has 0 atom stereocenters. The van der Waals surface area contributed by atoms with Crippen LogP contribution in [0.1, 0.15) is 26.5 Å². The predicted octanol–water partition coefficient (Wildman–Crippen LogP) is 3.59. The van der Waals surface area contributed by atoms with Crippen molar-refractivity contribution in [1.82, 2.24) is 14.4 Å². The summed E-state index contributed by atoms with van der Waals surface area (Å²) in [6.45, 7) is 7.82. The van der Waals surface area contributed by atoms with Crippen molar-refractivity contribution >= 4 is 5.65 Å². The molecule has 2 aromatic heterocycles. The minimum absolute atomic E-state index is 0.160. The SMILES string of the molecule is Cc1ncc2nccn2c1-c1ccc(OC(C)(C)C)cc1O.